The number of hydrogen-bond donors (Lipinski definition) is 1. The molecule has 7 nitrogen and oxygen atoms in total. The highest BCUT2D eigenvalue weighted by Crippen LogP contribution is 2.34. The maximum Gasteiger partial charge on any atom is 0.310 e. The fraction of sp³-hybridized carbons (Fsp3) is 0.143. The predicted octanol–water partition coefficient (Wildman–Crippen LogP) is 3.62. The van der Waals surface area contributed by atoms with E-state index in [1.807, 2.05) is 36.4 Å². The van der Waals surface area contributed by atoms with Crippen molar-refractivity contribution in [1.82, 2.24) is 9.99 Å². The number of aromatic nitrogens is 1. The van der Waals surface area contributed by atoms with Gasteiger partial charge in [-0.25, -0.2) is 5.01 Å². The number of hydrogen-bond acceptors (Lipinski definition) is 5. The lowest BCUT2D eigenvalue weighted by atomic mass is 9.98. The Labute approximate surface area is 161 Å². The molecular weight excluding hydrogens is 356 g/mol. The van der Waals surface area contributed by atoms with Gasteiger partial charge in [0.2, 0.25) is 5.91 Å². The zero-order chi connectivity index (χ0) is 19.5. The lowest BCUT2D eigenvalue weighted by molar-refractivity contribution is -0.114. The second kappa shape index (κ2) is 7.48. The van der Waals surface area contributed by atoms with Crippen LogP contribution in [0.3, 0.4) is 0 Å². The first kappa shape index (κ1) is 17.7. The molecule has 28 heavy (non-hydrogen) atoms. The van der Waals surface area contributed by atoms with E-state index in [1.54, 1.807) is 24.5 Å². The summed E-state index contributed by atoms with van der Waals surface area (Å²) >= 11 is 0. The summed E-state index contributed by atoms with van der Waals surface area (Å²) in [5, 5.41) is 8.79. The van der Waals surface area contributed by atoms with E-state index in [0.717, 1.165) is 16.8 Å². The molecule has 3 heterocycles. The van der Waals surface area contributed by atoms with E-state index in [1.165, 1.54) is 18.2 Å². The van der Waals surface area contributed by atoms with Gasteiger partial charge in [0, 0.05) is 37.0 Å². The summed E-state index contributed by atoms with van der Waals surface area (Å²) in [6.07, 6.45) is 5.43. The molecule has 1 N–H and O–H groups in total. The Balaban J connectivity index is 1.66. The first-order chi connectivity index (χ1) is 13.6. The van der Waals surface area contributed by atoms with E-state index >= 15 is 0 Å². The second-order valence-electron chi connectivity index (χ2n) is 6.43. The predicted molar refractivity (Wildman–Crippen MR) is 104 cm³/mol. The van der Waals surface area contributed by atoms with Crippen LogP contribution >= 0.6 is 0 Å². The molecule has 3 aromatic rings. The first-order valence-electron chi connectivity index (χ1n) is 8.84. The van der Waals surface area contributed by atoms with Crippen LogP contribution in [0.4, 0.5) is 5.69 Å². The van der Waals surface area contributed by atoms with Crippen LogP contribution in [-0.2, 0) is 4.79 Å². The van der Waals surface area contributed by atoms with Gasteiger partial charge in [0.05, 0.1) is 18.0 Å². The molecule has 140 valence electrons. The topological polar surface area (TPSA) is 87.8 Å². The molecule has 0 radical (unpaired) electrons. The van der Waals surface area contributed by atoms with Crippen molar-refractivity contribution in [2.75, 3.05) is 5.32 Å². The molecule has 7 heteroatoms. The maximum absolute atomic E-state index is 12.9. The number of carbonyl (C=O) groups excluding carboxylic acids is 2. The van der Waals surface area contributed by atoms with Crippen molar-refractivity contribution in [3.8, 4) is 0 Å². The maximum atomic E-state index is 12.9. The molecule has 1 aliphatic heterocycles. The van der Waals surface area contributed by atoms with Crippen molar-refractivity contribution in [2.45, 2.75) is 19.4 Å². The quantitative estimate of drug-likeness (QED) is 0.755. The summed E-state index contributed by atoms with van der Waals surface area (Å²) in [7, 11) is 0. The zero-order valence-corrected chi connectivity index (χ0v) is 15.2. The van der Waals surface area contributed by atoms with E-state index in [2.05, 4.69) is 15.4 Å². The number of pyridine rings is 1. The molecular formula is C21H18N4O3. The molecule has 0 spiro atoms. The number of anilines is 1. The standard InChI is InChI=1S/C21H18N4O3/c1-14(26)23-17-6-4-16(5-7-17)19-13-18(15-8-10-22-11-9-15)24-25(19)21(27)20-3-2-12-28-20/h2-12,19H,13H2,1H3,(H,23,26)/t19-/m0/s1. The number of benzene rings is 1. The Kier molecular flexibility index (Phi) is 4.72. The molecule has 4 rings (SSSR count). The minimum atomic E-state index is -0.301. The van der Waals surface area contributed by atoms with Crippen LogP contribution < -0.4 is 5.32 Å². The van der Waals surface area contributed by atoms with Crippen molar-refractivity contribution >= 4 is 23.2 Å². The Bertz CT molecular complexity index is 1010. The van der Waals surface area contributed by atoms with Crippen molar-refractivity contribution in [3.63, 3.8) is 0 Å². The normalized spacial score (nSPS) is 16.0. The monoisotopic (exact) mass is 374 g/mol. The summed E-state index contributed by atoms with van der Waals surface area (Å²) in [6.45, 7) is 1.46. The Hall–Kier alpha value is -3.74. The number of amides is 2. The molecule has 0 unspecified atom stereocenters. The number of hydrazone groups is 1. The van der Waals surface area contributed by atoms with Crippen molar-refractivity contribution in [3.05, 3.63) is 84.1 Å². The Morgan fingerprint density at radius 3 is 2.50 bits per heavy atom. The lowest BCUT2D eigenvalue weighted by Crippen LogP contribution is -2.26. The largest absolute Gasteiger partial charge is 0.459 e. The molecule has 1 atom stereocenters. The third-order valence-corrected chi connectivity index (χ3v) is 4.48. The number of furan rings is 1. The lowest BCUT2D eigenvalue weighted by Gasteiger charge is -2.21. The van der Waals surface area contributed by atoms with Crippen molar-refractivity contribution < 1.29 is 14.0 Å². The van der Waals surface area contributed by atoms with E-state index in [-0.39, 0.29) is 23.6 Å². The fourth-order valence-corrected chi connectivity index (χ4v) is 3.18. The van der Waals surface area contributed by atoms with E-state index in [9.17, 15) is 9.59 Å². The van der Waals surface area contributed by atoms with Crippen molar-refractivity contribution in [2.24, 2.45) is 5.10 Å². The van der Waals surface area contributed by atoms with Gasteiger partial charge in [-0.05, 0) is 42.0 Å². The van der Waals surface area contributed by atoms with Gasteiger partial charge in [-0.3, -0.25) is 14.6 Å². The average molecular weight is 374 g/mol. The SMILES string of the molecule is CC(=O)Nc1ccc([C@@H]2CC(c3ccncc3)=NN2C(=O)c2ccco2)cc1. The minimum Gasteiger partial charge on any atom is -0.459 e. The van der Waals surface area contributed by atoms with E-state index in [4.69, 9.17) is 4.42 Å². The summed E-state index contributed by atoms with van der Waals surface area (Å²) in [6, 6.07) is 14.2. The van der Waals surface area contributed by atoms with Crippen LogP contribution in [-0.4, -0.2) is 27.5 Å². The fourth-order valence-electron chi connectivity index (χ4n) is 3.18. The van der Waals surface area contributed by atoms with Gasteiger partial charge < -0.3 is 9.73 Å². The van der Waals surface area contributed by atoms with Gasteiger partial charge in [-0.2, -0.15) is 5.10 Å². The minimum absolute atomic E-state index is 0.133. The van der Waals surface area contributed by atoms with Gasteiger partial charge in [-0.15, -0.1) is 0 Å². The van der Waals surface area contributed by atoms with Crippen LogP contribution in [0.2, 0.25) is 0 Å². The average Bonchev–Trinajstić information content (AvgIpc) is 3.39. The molecule has 1 aromatic carbocycles. The summed E-state index contributed by atoms with van der Waals surface area (Å²) in [4.78, 5) is 28.2. The van der Waals surface area contributed by atoms with E-state index < -0.39 is 0 Å². The third-order valence-electron chi connectivity index (χ3n) is 4.48. The Morgan fingerprint density at radius 2 is 1.86 bits per heavy atom. The highest BCUT2D eigenvalue weighted by Gasteiger charge is 2.34. The van der Waals surface area contributed by atoms with Gasteiger partial charge in [0.1, 0.15) is 0 Å². The van der Waals surface area contributed by atoms with Gasteiger partial charge >= 0.3 is 5.91 Å². The molecule has 0 fully saturated rings. The number of nitrogens with zero attached hydrogens (tertiary/aromatic N) is 3. The molecule has 0 aliphatic carbocycles. The Morgan fingerprint density at radius 1 is 1.11 bits per heavy atom. The molecule has 0 saturated heterocycles. The molecule has 0 saturated carbocycles. The van der Waals surface area contributed by atoms with Gasteiger partial charge in [0.15, 0.2) is 5.76 Å². The van der Waals surface area contributed by atoms with Crippen LogP contribution in [0.15, 0.2) is 76.7 Å². The van der Waals surface area contributed by atoms with Crippen LogP contribution in [0.25, 0.3) is 0 Å². The van der Waals surface area contributed by atoms with Gasteiger partial charge in [0.25, 0.3) is 0 Å². The van der Waals surface area contributed by atoms with Crippen LogP contribution in [0.1, 0.15) is 41.1 Å². The van der Waals surface area contributed by atoms with Gasteiger partial charge in [-0.1, -0.05) is 12.1 Å². The van der Waals surface area contributed by atoms with Crippen LogP contribution in [0, 0.1) is 0 Å². The molecule has 2 aromatic heterocycles. The van der Waals surface area contributed by atoms with E-state index in [0.29, 0.717) is 12.1 Å². The van der Waals surface area contributed by atoms with Crippen molar-refractivity contribution in [1.29, 1.82) is 0 Å². The third kappa shape index (κ3) is 3.55. The number of rotatable bonds is 4. The van der Waals surface area contributed by atoms with Crippen LogP contribution in [0.5, 0.6) is 0 Å². The number of nitrogens with one attached hydrogen (secondary N) is 1. The molecule has 1 aliphatic rings. The second-order valence-corrected chi connectivity index (χ2v) is 6.43. The highest BCUT2D eigenvalue weighted by atomic mass is 16.3. The summed E-state index contributed by atoms with van der Waals surface area (Å²) < 4.78 is 5.28. The highest BCUT2D eigenvalue weighted by molar-refractivity contribution is 6.04. The molecule has 2 amide bonds. The first-order valence-corrected chi connectivity index (χ1v) is 8.84. The summed E-state index contributed by atoms with van der Waals surface area (Å²) in [5.74, 6) is -0.198. The number of carbonyl (C=O) groups is 2. The molecule has 0 bridgehead atoms. The smallest absolute Gasteiger partial charge is 0.310 e. The zero-order valence-electron chi connectivity index (χ0n) is 15.2. The summed E-state index contributed by atoms with van der Waals surface area (Å²) in [5.41, 5.74) is 3.35.